The molecule has 0 saturated carbocycles. The predicted octanol–water partition coefficient (Wildman–Crippen LogP) is 1.87. The van der Waals surface area contributed by atoms with Gasteiger partial charge in [0.05, 0.1) is 6.33 Å². The van der Waals surface area contributed by atoms with Crippen LogP contribution in [0.2, 0.25) is 0 Å². The summed E-state index contributed by atoms with van der Waals surface area (Å²) in [6, 6.07) is 3.28. The molecule has 142 valence electrons. The minimum absolute atomic E-state index is 0. The van der Waals surface area contributed by atoms with Crippen molar-refractivity contribution in [2.24, 2.45) is 4.99 Å². The summed E-state index contributed by atoms with van der Waals surface area (Å²) >= 11 is 0. The van der Waals surface area contributed by atoms with Gasteiger partial charge < -0.3 is 20.1 Å². The Bertz CT molecular complexity index is 692. The standard InChI is InChI=1S/C17H24FN7.HI/c1-19-17(22-7-3-9-24-11-8-20-13-24)23-14-5-10-25(12-14)16-15(18)4-2-6-21-16;/h2,4,6,8,11,13-14H,3,5,7,9-10,12H2,1H3,(H2,19,22,23);1H. The molecule has 1 aliphatic rings. The number of guanidine groups is 1. The molecule has 0 radical (unpaired) electrons. The highest BCUT2D eigenvalue weighted by atomic mass is 127. The molecule has 1 saturated heterocycles. The van der Waals surface area contributed by atoms with Crippen LogP contribution in [0.15, 0.2) is 42.0 Å². The van der Waals surface area contributed by atoms with E-state index in [0.717, 1.165) is 38.4 Å². The number of imidazole rings is 1. The first-order valence-corrected chi connectivity index (χ1v) is 8.54. The first kappa shape index (κ1) is 20.4. The van der Waals surface area contributed by atoms with Crippen molar-refractivity contribution >= 4 is 35.8 Å². The van der Waals surface area contributed by atoms with Crippen LogP contribution in [0, 0.1) is 5.82 Å². The van der Waals surface area contributed by atoms with E-state index in [2.05, 4.69) is 25.6 Å². The Morgan fingerprint density at radius 3 is 3.04 bits per heavy atom. The topological polar surface area (TPSA) is 70.4 Å². The van der Waals surface area contributed by atoms with Gasteiger partial charge >= 0.3 is 0 Å². The summed E-state index contributed by atoms with van der Waals surface area (Å²) in [5.74, 6) is 0.930. The number of hydrogen-bond acceptors (Lipinski definition) is 4. The number of rotatable bonds is 6. The molecular weight excluding hydrogens is 448 g/mol. The Hall–Kier alpha value is -1.91. The van der Waals surface area contributed by atoms with Crippen molar-refractivity contribution in [1.29, 1.82) is 0 Å². The fourth-order valence-corrected chi connectivity index (χ4v) is 2.96. The minimum Gasteiger partial charge on any atom is -0.356 e. The van der Waals surface area contributed by atoms with Gasteiger partial charge in [-0.15, -0.1) is 24.0 Å². The van der Waals surface area contributed by atoms with Crippen molar-refractivity contribution in [1.82, 2.24) is 25.2 Å². The Kier molecular flexibility index (Phi) is 8.07. The van der Waals surface area contributed by atoms with Crippen LogP contribution in [-0.2, 0) is 6.54 Å². The molecule has 7 nitrogen and oxygen atoms in total. The number of pyridine rings is 1. The second-order valence-electron chi connectivity index (χ2n) is 6.04. The lowest BCUT2D eigenvalue weighted by Gasteiger charge is -2.20. The van der Waals surface area contributed by atoms with Crippen molar-refractivity contribution in [3.05, 3.63) is 42.9 Å². The number of aliphatic imine (C=N–C) groups is 1. The molecule has 3 heterocycles. The van der Waals surface area contributed by atoms with Gasteiger partial charge in [-0.2, -0.15) is 0 Å². The average molecular weight is 473 g/mol. The molecule has 1 fully saturated rings. The van der Waals surface area contributed by atoms with Gasteiger partial charge in [0.2, 0.25) is 0 Å². The molecule has 0 amide bonds. The van der Waals surface area contributed by atoms with E-state index in [1.54, 1.807) is 25.5 Å². The number of aryl methyl sites for hydroxylation is 1. The van der Waals surface area contributed by atoms with Crippen LogP contribution in [0.25, 0.3) is 0 Å². The number of aromatic nitrogens is 3. The van der Waals surface area contributed by atoms with E-state index in [1.165, 1.54) is 6.07 Å². The van der Waals surface area contributed by atoms with Crippen molar-refractivity contribution in [3.63, 3.8) is 0 Å². The normalized spacial score (nSPS) is 17.1. The zero-order valence-electron chi connectivity index (χ0n) is 14.8. The molecule has 2 aromatic heterocycles. The minimum atomic E-state index is -0.273. The van der Waals surface area contributed by atoms with Crippen molar-refractivity contribution in [2.75, 3.05) is 31.6 Å². The molecular formula is C17H25FIN7. The van der Waals surface area contributed by atoms with Crippen LogP contribution in [0.3, 0.4) is 0 Å². The summed E-state index contributed by atoms with van der Waals surface area (Å²) in [4.78, 5) is 14.4. The number of halogens is 2. The molecule has 0 bridgehead atoms. The monoisotopic (exact) mass is 473 g/mol. The van der Waals surface area contributed by atoms with E-state index < -0.39 is 0 Å². The van der Waals surface area contributed by atoms with Crippen LogP contribution >= 0.6 is 24.0 Å². The molecule has 3 rings (SSSR count). The summed E-state index contributed by atoms with van der Waals surface area (Å²) in [5.41, 5.74) is 0. The Morgan fingerprint density at radius 2 is 2.31 bits per heavy atom. The lowest BCUT2D eigenvalue weighted by atomic mass is 10.3. The van der Waals surface area contributed by atoms with E-state index in [-0.39, 0.29) is 35.8 Å². The highest BCUT2D eigenvalue weighted by Crippen LogP contribution is 2.20. The summed E-state index contributed by atoms with van der Waals surface area (Å²) in [6.07, 6.45) is 9.08. The zero-order valence-corrected chi connectivity index (χ0v) is 17.1. The van der Waals surface area contributed by atoms with E-state index in [0.29, 0.717) is 12.4 Å². The first-order valence-electron chi connectivity index (χ1n) is 8.54. The molecule has 1 atom stereocenters. The Morgan fingerprint density at radius 1 is 1.42 bits per heavy atom. The van der Waals surface area contributed by atoms with Crippen LogP contribution in [0.5, 0.6) is 0 Å². The molecule has 0 spiro atoms. The van der Waals surface area contributed by atoms with Gasteiger partial charge in [0.25, 0.3) is 0 Å². The van der Waals surface area contributed by atoms with Crippen LogP contribution < -0.4 is 15.5 Å². The molecule has 26 heavy (non-hydrogen) atoms. The predicted molar refractivity (Wildman–Crippen MR) is 112 cm³/mol. The number of anilines is 1. The summed E-state index contributed by atoms with van der Waals surface area (Å²) in [7, 11) is 1.76. The maximum atomic E-state index is 13.9. The van der Waals surface area contributed by atoms with Gasteiger partial charge in [0.1, 0.15) is 0 Å². The lowest BCUT2D eigenvalue weighted by molar-refractivity contribution is 0.604. The molecule has 2 aromatic rings. The second-order valence-corrected chi connectivity index (χ2v) is 6.04. The number of nitrogens with one attached hydrogen (secondary N) is 2. The van der Waals surface area contributed by atoms with E-state index in [4.69, 9.17) is 0 Å². The first-order chi connectivity index (χ1) is 12.3. The molecule has 0 aromatic carbocycles. The molecule has 1 aliphatic heterocycles. The average Bonchev–Trinajstić information content (AvgIpc) is 3.30. The van der Waals surface area contributed by atoms with Crippen molar-refractivity contribution in [2.45, 2.75) is 25.4 Å². The van der Waals surface area contributed by atoms with Gasteiger partial charge in [-0.1, -0.05) is 0 Å². The third-order valence-electron chi connectivity index (χ3n) is 4.24. The summed E-state index contributed by atoms with van der Waals surface area (Å²) in [5, 5.41) is 6.73. The number of hydrogen-bond donors (Lipinski definition) is 2. The van der Waals surface area contributed by atoms with E-state index >= 15 is 0 Å². The maximum Gasteiger partial charge on any atom is 0.191 e. The van der Waals surface area contributed by atoms with Gasteiger partial charge in [-0.3, -0.25) is 4.99 Å². The van der Waals surface area contributed by atoms with Gasteiger partial charge in [0, 0.05) is 57.9 Å². The smallest absolute Gasteiger partial charge is 0.191 e. The maximum absolute atomic E-state index is 13.9. The van der Waals surface area contributed by atoms with Gasteiger partial charge in [0.15, 0.2) is 17.6 Å². The largest absolute Gasteiger partial charge is 0.356 e. The third kappa shape index (κ3) is 5.55. The summed E-state index contributed by atoms with van der Waals surface area (Å²) in [6.45, 7) is 3.23. The van der Waals surface area contributed by atoms with Crippen LogP contribution in [-0.4, -0.2) is 53.2 Å². The SMILES string of the molecule is CN=C(NCCCn1ccnc1)NC1CCN(c2ncccc2F)C1.I. The highest BCUT2D eigenvalue weighted by molar-refractivity contribution is 14.0. The van der Waals surface area contributed by atoms with E-state index in [1.807, 2.05) is 22.0 Å². The third-order valence-corrected chi connectivity index (χ3v) is 4.24. The van der Waals surface area contributed by atoms with Crippen LogP contribution in [0.1, 0.15) is 12.8 Å². The Labute approximate surface area is 170 Å². The fraction of sp³-hybridized carbons (Fsp3) is 0.471. The van der Waals surface area contributed by atoms with Gasteiger partial charge in [-0.25, -0.2) is 14.4 Å². The molecule has 2 N–H and O–H groups in total. The van der Waals surface area contributed by atoms with Gasteiger partial charge in [-0.05, 0) is 25.0 Å². The summed E-state index contributed by atoms with van der Waals surface area (Å²) < 4.78 is 15.9. The number of nitrogens with zero attached hydrogens (tertiary/aromatic N) is 5. The Balaban J connectivity index is 0.00000243. The van der Waals surface area contributed by atoms with Crippen molar-refractivity contribution < 1.29 is 4.39 Å². The molecule has 9 heteroatoms. The van der Waals surface area contributed by atoms with Crippen LogP contribution in [0.4, 0.5) is 10.2 Å². The lowest BCUT2D eigenvalue weighted by Crippen LogP contribution is -2.45. The van der Waals surface area contributed by atoms with E-state index in [9.17, 15) is 4.39 Å². The quantitative estimate of drug-likeness (QED) is 0.290. The molecule has 0 aliphatic carbocycles. The second kappa shape index (κ2) is 10.3. The van der Waals surface area contributed by atoms with Crippen molar-refractivity contribution in [3.8, 4) is 0 Å². The fourth-order valence-electron chi connectivity index (χ4n) is 2.96. The molecule has 1 unspecified atom stereocenters. The zero-order chi connectivity index (χ0) is 17.5. The highest BCUT2D eigenvalue weighted by Gasteiger charge is 2.25.